The molecule has 1 atom stereocenters. The first-order valence-electron chi connectivity index (χ1n) is 5.67. The van der Waals surface area contributed by atoms with Crippen molar-refractivity contribution in [1.29, 1.82) is 0 Å². The van der Waals surface area contributed by atoms with Crippen LogP contribution in [0, 0.1) is 0 Å². The smallest absolute Gasteiger partial charge is 0.334 e. The highest BCUT2D eigenvalue weighted by Crippen LogP contribution is 2.27. The van der Waals surface area contributed by atoms with Gasteiger partial charge in [0.15, 0.2) is 18.1 Å². The van der Waals surface area contributed by atoms with Crippen LogP contribution in [0.1, 0.15) is 0 Å². The Labute approximate surface area is 103 Å². The summed E-state index contributed by atoms with van der Waals surface area (Å²) in [6.07, 6.45) is 0.598. The fourth-order valence-corrected chi connectivity index (χ4v) is 2.14. The number of nitrogens with zero attached hydrogens (tertiary/aromatic N) is 2. The number of hydrogen-bond acceptors (Lipinski definition) is 5. The summed E-state index contributed by atoms with van der Waals surface area (Å²) in [5.74, 6) is -0.940. The number of carboxylic acids is 1. The minimum absolute atomic E-state index is 0.315. The van der Waals surface area contributed by atoms with Crippen molar-refractivity contribution in [3.63, 3.8) is 0 Å². The number of para-hydroxylation sites is 1. The monoisotopic (exact) mass is 248 g/mol. The molecule has 1 N–H and O–H groups in total. The molecule has 3 rings (SSSR count). The van der Waals surface area contributed by atoms with Gasteiger partial charge in [0, 0.05) is 6.54 Å². The quantitative estimate of drug-likeness (QED) is 0.858. The average Bonchev–Trinajstić information content (AvgIpc) is 2.87. The Morgan fingerprint density at radius 3 is 3.22 bits per heavy atom. The fraction of sp³-hybridized carbons (Fsp3) is 0.333. The molecule has 1 aliphatic rings. The van der Waals surface area contributed by atoms with Crippen LogP contribution in [-0.4, -0.2) is 41.9 Å². The normalized spacial score (nSPS) is 20.2. The number of rotatable bonds is 2. The number of anilines is 1. The summed E-state index contributed by atoms with van der Waals surface area (Å²) in [7, 11) is 0. The van der Waals surface area contributed by atoms with Gasteiger partial charge in [0.25, 0.3) is 0 Å². The van der Waals surface area contributed by atoms with E-state index in [1.165, 1.54) is 6.39 Å². The van der Waals surface area contributed by atoms with Crippen LogP contribution in [0.4, 0.5) is 5.69 Å². The summed E-state index contributed by atoms with van der Waals surface area (Å²) < 4.78 is 10.6. The van der Waals surface area contributed by atoms with Crippen LogP contribution in [0.25, 0.3) is 11.1 Å². The first-order valence-corrected chi connectivity index (χ1v) is 5.67. The second-order valence-corrected chi connectivity index (χ2v) is 4.12. The van der Waals surface area contributed by atoms with E-state index in [4.69, 9.17) is 14.3 Å². The van der Waals surface area contributed by atoms with Gasteiger partial charge in [-0.25, -0.2) is 9.78 Å². The van der Waals surface area contributed by atoms with E-state index in [1.807, 2.05) is 23.1 Å². The number of benzene rings is 1. The Hall–Kier alpha value is -2.08. The number of carbonyl (C=O) groups is 1. The number of oxazole rings is 1. The molecule has 0 radical (unpaired) electrons. The zero-order valence-corrected chi connectivity index (χ0v) is 9.57. The van der Waals surface area contributed by atoms with Gasteiger partial charge in [-0.1, -0.05) is 6.07 Å². The predicted octanol–water partition coefficient (Wildman–Crippen LogP) is 1.12. The van der Waals surface area contributed by atoms with E-state index in [-0.39, 0.29) is 0 Å². The van der Waals surface area contributed by atoms with E-state index < -0.39 is 12.1 Å². The third-order valence-corrected chi connectivity index (χ3v) is 3.02. The highest BCUT2D eigenvalue weighted by Gasteiger charge is 2.27. The Morgan fingerprint density at radius 1 is 1.50 bits per heavy atom. The maximum atomic E-state index is 11.0. The minimum atomic E-state index is -0.940. The van der Waals surface area contributed by atoms with Crippen LogP contribution in [0.15, 0.2) is 29.0 Å². The third-order valence-electron chi connectivity index (χ3n) is 3.02. The topological polar surface area (TPSA) is 75.8 Å². The van der Waals surface area contributed by atoms with Crippen LogP contribution < -0.4 is 4.90 Å². The highest BCUT2D eigenvalue weighted by molar-refractivity contribution is 5.87. The van der Waals surface area contributed by atoms with Gasteiger partial charge in [0.2, 0.25) is 0 Å². The van der Waals surface area contributed by atoms with E-state index in [9.17, 15) is 4.79 Å². The van der Waals surface area contributed by atoms with Crippen LogP contribution in [0.3, 0.4) is 0 Å². The van der Waals surface area contributed by atoms with Crippen molar-refractivity contribution in [3.8, 4) is 0 Å². The van der Waals surface area contributed by atoms with E-state index >= 15 is 0 Å². The van der Waals surface area contributed by atoms with Gasteiger partial charge in [-0.2, -0.15) is 0 Å². The number of aliphatic carboxylic acids is 1. The fourth-order valence-electron chi connectivity index (χ4n) is 2.14. The highest BCUT2D eigenvalue weighted by atomic mass is 16.5. The molecule has 94 valence electrons. The maximum absolute atomic E-state index is 11.0. The molecule has 1 aromatic carbocycles. The van der Waals surface area contributed by atoms with Crippen molar-refractivity contribution >= 4 is 22.8 Å². The summed E-state index contributed by atoms with van der Waals surface area (Å²) in [5, 5.41) is 8.99. The van der Waals surface area contributed by atoms with Crippen molar-refractivity contribution < 1.29 is 19.1 Å². The van der Waals surface area contributed by atoms with Gasteiger partial charge < -0.3 is 19.2 Å². The van der Waals surface area contributed by atoms with Crippen LogP contribution in [-0.2, 0) is 9.53 Å². The van der Waals surface area contributed by atoms with Crippen LogP contribution >= 0.6 is 0 Å². The molecule has 18 heavy (non-hydrogen) atoms. The first-order chi connectivity index (χ1) is 8.75. The van der Waals surface area contributed by atoms with Crippen molar-refractivity contribution in [1.82, 2.24) is 4.98 Å². The molecule has 6 nitrogen and oxygen atoms in total. The summed E-state index contributed by atoms with van der Waals surface area (Å²) in [6.45, 7) is 1.35. The lowest BCUT2D eigenvalue weighted by Crippen LogP contribution is -2.46. The summed E-state index contributed by atoms with van der Waals surface area (Å²) in [4.78, 5) is 17.0. The molecular weight excluding hydrogens is 236 g/mol. The van der Waals surface area contributed by atoms with Gasteiger partial charge in [0.1, 0.15) is 5.52 Å². The molecule has 1 fully saturated rings. The lowest BCUT2D eigenvalue weighted by Gasteiger charge is -2.32. The van der Waals surface area contributed by atoms with Crippen LogP contribution in [0.5, 0.6) is 0 Å². The summed E-state index contributed by atoms with van der Waals surface area (Å²) >= 11 is 0. The molecule has 2 aromatic rings. The molecule has 1 aliphatic heterocycles. The Kier molecular flexibility index (Phi) is 2.64. The number of carboxylic acid groups (broad SMARTS) is 1. The molecular formula is C12H12N2O4. The Morgan fingerprint density at radius 2 is 2.39 bits per heavy atom. The molecule has 1 unspecified atom stereocenters. The maximum Gasteiger partial charge on any atom is 0.334 e. The van der Waals surface area contributed by atoms with E-state index in [1.54, 1.807) is 0 Å². The molecule has 1 saturated heterocycles. The van der Waals surface area contributed by atoms with E-state index in [2.05, 4.69) is 4.98 Å². The van der Waals surface area contributed by atoms with Gasteiger partial charge >= 0.3 is 5.97 Å². The predicted molar refractivity (Wildman–Crippen MR) is 63.6 cm³/mol. The van der Waals surface area contributed by atoms with E-state index in [0.717, 1.165) is 11.2 Å². The summed E-state index contributed by atoms with van der Waals surface area (Å²) in [6, 6.07) is 5.64. The van der Waals surface area contributed by atoms with Crippen molar-refractivity contribution in [2.45, 2.75) is 6.10 Å². The van der Waals surface area contributed by atoms with Crippen LogP contribution in [0.2, 0.25) is 0 Å². The zero-order chi connectivity index (χ0) is 12.5. The Balaban J connectivity index is 1.94. The molecule has 1 aromatic heterocycles. The lowest BCUT2D eigenvalue weighted by molar-refractivity contribution is -0.150. The molecule has 0 saturated carbocycles. The number of aromatic nitrogens is 1. The lowest BCUT2D eigenvalue weighted by atomic mass is 10.2. The van der Waals surface area contributed by atoms with Crippen molar-refractivity contribution in [2.24, 2.45) is 0 Å². The minimum Gasteiger partial charge on any atom is -0.479 e. The van der Waals surface area contributed by atoms with E-state index in [0.29, 0.717) is 25.3 Å². The molecule has 2 heterocycles. The number of hydrogen-bond donors (Lipinski definition) is 1. The molecule has 0 amide bonds. The third kappa shape index (κ3) is 1.80. The second kappa shape index (κ2) is 4.30. The van der Waals surface area contributed by atoms with Gasteiger partial charge in [-0.3, -0.25) is 0 Å². The standard InChI is InChI=1S/C12H12N2O4/c15-12(16)10-6-14(4-5-17-10)9-3-1-2-8-11(9)18-7-13-8/h1-3,7,10H,4-6H2,(H,15,16). The molecule has 0 spiro atoms. The second-order valence-electron chi connectivity index (χ2n) is 4.12. The SMILES string of the molecule is O=C(O)C1CN(c2cccc3ncoc23)CCO1. The first kappa shape index (κ1) is 11.0. The average molecular weight is 248 g/mol. The Bertz CT molecular complexity index is 580. The van der Waals surface area contributed by atoms with Crippen molar-refractivity contribution in [2.75, 3.05) is 24.6 Å². The number of ether oxygens (including phenoxy) is 1. The largest absolute Gasteiger partial charge is 0.479 e. The van der Waals surface area contributed by atoms with Gasteiger partial charge in [0.05, 0.1) is 18.8 Å². The van der Waals surface area contributed by atoms with Crippen molar-refractivity contribution in [3.05, 3.63) is 24.6 Å². The van der Waals surface area contributed by atoms with Gasteiger partial charge in [-0.15, -0.1) is 0 Å². The zero-order valence-electron chi connectivity index (χ0n) is 9.57. The molecule has 0 bridgehead atoms. The number of morpholine rings is 1. The molecule has 0 aliphatic carbocycles. The number of fused-ring (bicyclic) bond motifs is 1. The van der Waals surface area contributed by atoms with Gasteiger partial charge in [-0.05, 0) is 12.1 Å². The molecule has 6 heteroatoms. The summed E-state index contributed by atoms with van der Waals surface area (Å²) in [5.41, 5.74) is 2.31.